The fourth-order valence-corrected chi connectivity index (χ4v) is 2.26. The molecule has 1 aliphatic rings. The lowest BCUT2D eigenvalue weighted by Crippen LogP contribution is -2.44. The van der Waals surface area contributed by atoms with Gasteiger partial charge in [-0.15, -0.1) is 0 Å². The lowest BCUT2D eigenvalue weighted by Gasteiger charge is -2.34. The number of nitrogens with zero attached hydrogens (tertiary/aromatic N) is 2. The van der Waals surface area contributed by atoms with Crippen molar-refractivity contribution in [3.8, 4) is 0 Å². The number of thiocarbonyl (C=S) groups is 1. The van der Waals surface area contributed by atoms with Crippen LogP contribution < -0.4 is 5.73 Å². The van der Waals surface area contributed by atoms with E-state index < -0.39 is 0 Å². The summed E-state index contributed by atoms with van der Waals surface area (Å²) in [6.07, 6.45) is 1.77. The van der Waals surface area contributed by atoms with Crippen LogP contribution in [-0.2, 0) is 4.79 Å². The summed E-state index contributed by atoms with van der Waals surface area (Å²) in [5.41, 5.74) is 5.42. The topological polar surface area (TPSA) is 69.8 Å². The van der Waals surface area contributed by atoms with Gasteiger partial charge >= 0.3 is 0 Å². The molecule has 2 unspecified atom stereocenters. The highest BCUT2D eigenvalue weighted by atomic mass is 32.1. The average Bonchev–Trinajstić information content (AvgIpc) is 2.36. The fourth-order valence-electron chi connectivity index (χ4n) is 2.16. The number of hydrogen-bond acceptors (Lipinski definition) is 4. The maximum Gasteiger partial charge on any atom is 0.223 e. The number of carbonyl (C=O) groups is 1. The number of nitrogens with two attached hydrogens (primary N) is 1. The summed E-state index contributed by atoms with van der Waals surface area (Å²) in [5, 5.41) is 9.80. The van der Waals surface area contributed by atoms with Crippen LogP contribution in [-0.4, -0.2) is 65.1 Å². The average molecular weight is 287 g/mol. The molecule has 1 heterocycles. The monoisotopic (exact) mass is 287 g/mol. The van der Waals surface area contributed by atoms with E-state index >= 15 is 0 Å². The Morgan fingerprint density at radius 1 is 1.53 bits per heavy atom. The molecule has 3 N–H and O–H groups in total. The summed E-state index contributed by atoms with van der Waals surface area (Å²) >= 11 is 4.80. The molecule has 0 aromatic carbocycles. The summed E-state index contributed by atoms with van der Waals surface area (Å²) in [6.45, 7) is 4.98. The molecule has 1 fully saturated rings. The van der Waals surface area contributed by atoms with E-state index in [1.54, 1.807) is 11.9 Å². The largest absolute Gasteiger partial charge is 0.393 e. The number of rotatable bonds is 6. The van der Waals surface area contributed by atoms with Crippen molar-refractivity contribution in [1.29, 1.82) is 0 Å². The first-order valence-corrected chi connectivity index (χ1v) is 7.23. The Kier molecular flexibility index (Phi) is 6.68. The molecule has 5 nitrogen and oxygen atoms in total. The van der Waals surface area contributed by atoms with Gasteiger partial charge in [-0.1, -0.05) is 19.1 Å². The number of amides is 1. The van der Waals surface area contributed by atoms with Gasteiger partial charge in [0.05, 0.1) is 11.1 Å². The Labute approximate surface area is 120 Å². The third kappa shape index (κ3) is 5.84. The van der Waals surface area contributed by atoms with Crippen LogP contribution in [0.2, 0.25) is 0 Å². The molecule has 0 radical (unpaired) electrons. The molecule has 0 aromatic rings. The summed E-state index contributed by atoms with van der Waals surface area (Å²) in [5.74, 6) is 0.463. The zero-order valence-electron chi connectivity index (χ0n) is 11.8. The first kappa shape index (κ1) is 16.3. The van der Waals surface area contributed by atoms with Gasteiger partial charge < -0.3 is 20.6 Å². The Morgan fingerprint density at radius 3 is 2.79 bits per heavy atom. The van der Waals surface area contributed by atoms with Gasteiger partial charge in [-0.2, -0.15) is 0 Å². The normalized spacial score (nSPS) is 24.2. The van der Waals surface area contributed by atoms with Crippen LogP contribution in [0.1, 0.15) is 26.2 Å². The van der Waals surface area contributed by atoms with E-state index in [1.165, 1.54) is 0 Å². The summed E-state index contributed by atoms with van der Waals surface area (Å²) in [7, 11) is 1.77. The van der Waals surface area contributed by atoms with Crippen LogP contribution in [0.25, 0.3) is 0 Å². The number of likely N-dealkylation sites (tertiary alicyclic amines) is 1. The van der Waals surface area contributed by atoms with Crippen LogP contribution in [0.5, 0.6) is 0 Å². The highest BCUT2D eigenvalue weighted by Crippen LogP contribution is 2.16. The molecule has 110 valence electrons. The van der Waals surface area contributed by atoms with Gasteiger partial charge in [0.1, 0.15) is 0 Å². The van der Waals surface area contributed by atoms with E-state index in [-0.39, 0.29) is 12.0 Å². The van der Waals surface area contributed by atoms with E-state index in [4.69, 9.17) is 18.0 Å². The number of β-amino-alcohol motifs (C(OH)–C–C–N with tert-alkyl or cyclic N) is 1. The number of hydrogen-bond donors (Lipinski definition) is 2. The predicted molar refractivity (Wildman–Crippen MR) is 79.9 cm³/mol. The molecule has 0 bridgehead atoms. The van der Waals surface area contributed by atoms with Crippen molar-refractivity contribution in [2.24, 2.45) is 11.7 Å². The molecule has 1 aliphatic heterocycles. The smallest absolute Gasteiger partial charge is 0.223 e. The molecule has 0 aromatic heterocycles. The fraction of sp³-hybridized carbons (Fsp3) is 0.846. The summed E-state index contributed by atoms with van der Waals surface area (Å²) in [4.78, 5) is 16.2. The zero-order chi connectivity index (χ0) is 14.4. The molecule has 1 rings (SSSR count). The number of carbonyl (C=O) groups excluding carboxylic acids is 1. The Bertz CT molecular complexity index is 325. The maximum atomic E-state index is 11.9. The molecule has 1 amide bonds. The molecule has 6 heteroatoms. The summed E-state index contributed by atoms with van der Waals surface area (Å²) < 4.78 is 0. The first-order chi connectivity index (χ1) is 8.90. The Hall–Kier alpha value is -0.720. The van der Waals surface area contributed by atoms with E-state index in [2.05, 4.69) is 11.8 Å². The van der Waals surface area contributed by atoms with Gasteiger partial charge in [0.2, 0.25) is 5.91 Å². The van der Waals surface area contributed by atoms with Crippen molar-refractivity contribution in [3.63, 3.8) is 0 Å². The quantitative estimate of drug-likeness (QED) is 0.684. The maximum absolute atomic E-state index is 11.9. The van der Waals surface area contributed by atoms with Crippen molar-refractivity contribution < 1.29 is 9.90 Å². The van der Waals surface area contributed by atoms with Crippen molar-refractivity contribution in [2.45, 2.75) is 32.3 Å². The van der Waals surface area contributed by atoms with Crippen molar-refractivity contribution in [2.75, 3.05) is 33.2 Å². The van der Waals surface area contributed by atoms with Crippen molar-refractivity contribution >= 4 is 23.1 Å². The lowest BCUT2D eigenvalue weighted by atomic mass is 9.96. The second kappa shape index (κ2) is 7.77. The Balaban J connectivity index is 2.24. The molecule has 0 saturated carbocycles. The highest BCUT2D eigenvalue weighted by molar-refractivity contribution is 7.80. The van der Waals surface area contributed by atoms with Gasteiger partial charge in [0.15, 0.2) is 0 Å². The van der Waals surface area contributed by atoms with Gasteiger partial charge in [-0.05, 0) is 18.9 Å². The SMILES string of the molecule is CC1CCN(CCC(=O)N(C)CCC(N)=S)CC1O. The summed E-state index contributed by atoms with van der Waals surface area (Å²) in [6, 6.07) is 0. The third-order valence-corrected chi connectivity index (χ3v) is 3.97. The minimum absolute atomic E-state index is 0.101. The van der Waals surface area contributed by atoms with Gasteiger partial charge in [0, 0.05) is 39.5 Å². The highest BCUT2D eigenvalue weighted by Gasteiger charge is 2.24. The minimum atomic E-state index is -0.267. The zero-order valence-corrected chi connectivity index (χ0v) is 12.7. The molecule has 0 aliphatic carbocycles. The van der Waals surface area contributed by atoms with Gasteiger partial charge in [0.25, 0.3) is 0 Å². The van der Waals surface area contributed by atoms with Crippen LogP contribution in [0.15, 0.2) is 0 Å². The lowest BCUT2D eigenvalue weighted by molar-refractivity contribution is -0.130. The molecule has 1 saturated heterocycles. The Morgan fingerprint density at radius 2 is 2.21 bits per heavy atom. The number of aliphatic hydroxyl groups is 1. The minimum Gasteiger partial charge on any atom is -0.393 e. The predicted octanol–water partition coefficient (Wildman–Crippen LogP) is 0.214. The first-order valence-electron chi connectivity index (χ1n) is 6.83. The van der Waals surface area contributed by atoms with E-state index in [9.17, 15) is 9.90 Å². The molecule has 2 atom stereocenters. The number of aliphatic hydroxyl groups excluding tert-OH is 1. The van der Waals surface area contributed by atoms with E-state index in [0.29, 0.717) is 43.4 Å². The van der Waals surface area contributed by atoms with Crippen molar-refractivity contribution in [3.05, 3.63) is 0 Å². The van der Waals surface area contributed by atoms with Crippen LogP contribution in [0.4, 0.5) is 0 Å². The van der Waals surface area contributed by atoms with Crippen molar-refractivity contribution in [1.82, 2.24) is 9.80 Å². The molecule has 19 heavy (non-hydrogen) atoms. The van der Waals surface area contributed by atoms with Crippen LogP contribution in [0.3, 0.4) is 0 Å². The third-order valence-electron chi connectivity index (χ3n) is 3.76. The second-order valence-electron chi connectivity index (χ2n) is 5.42. The standard InChI is InChI=1S/C13H25N3O2S/c1-10-3-7-16(9-11(10)17)8-5-13(18)15(2)6-4-12(14)19/h10-11,17H,3-9H2,1-2H3,(H2,14,19). The molecule has 0 spiro atoms. The van der Waals surface area contributed by atoms with E-state index in [0.717, 1.165) is 13.0 Å². The number of piperidine rings is 1. The second-order valence-corrected chi connectivity index (χ2v) is 5.94. The van der Waals surface area contributed by atoms with Gasteiger partial charge in [-0.25, -0.2) is 0 Å². The van der Waals surface area contributed by atoms with E-state index in [1.807, 2.05) is 0 Å². The molecular weight excluding hydrogens is 262 g/mol. The van der Waals surface area contributed by atoms with Gasteiger partial charge in [-0.3, -0.25) is 4.79 Å². The van der Waals surface area contributed by atoms with Crippen LogP contribution in [0, 0.1) is 5.92 Å². The van der Waals surface area contributed by atoms with Crippen LogP contribution >= 0.6 is 12.2 Å². The molecular formula is C13H25N3O2S.